The van der Waals surface area contributed by atoms with Gasteiger partial charge in [0.15, 0.2) is 5.78 Å². The predicted molar refractivity (Wildman–Crippen MR) is 90.3 cm³/mol. The van der Waals surface area contributed by atoms with Crippen molar-refractivity contribution in [2.75, 3.05) is 38.1 Å². The molecule has 1 aliphatic rings. The van der Waals surface area contributed by atoms with E-state index in [1.807, 2.05) is 0 Å². The number of ether oxygens (including phenoxy) is 1. The van der Waals surface area contributed by atoms with Crippen molar-refractivity contribution in [3.8, 4) is 0 Å². The molecule has 8 nitrogen and oxygen atoms in total. The first-order chi connectivity index (χ1) is 11.9. The Bertz CT molecular complexity index is 663. The van der Waals surface area contributed by atoms with E-state index in [1.54, 1.807) is 31.2 Å². The van der Waals surface area contributed by atoms with Gasteiger partial charge in [0.05, 0.1) is 6.61 Å². The Morgan fingerprint density at radius 2 is 1.56 bits per heavy atom. The van der Waals surface area contributed by atoms with Crippen LogP contribution in [0.5, 0.6) is 0 Å². The molecular formula is C17H21N3O5. The number of carbonyl (C=O) groups excluding carboxylic acids is 4. The van der Waals surface area contributed by atoms with Crippen LogP contribution in [0.4, 0.5) is 10.5 Å². The molecule has 1 aliphatic heterocycles. The summed E-state index contributed by atoms with van der Waals surface area (Å²) in [6.07, 6.45) is -0.412. The molecule has 134 valence electrons. The number of rotatable bonds is 3. The molecule has 3 amide bonds. The standard InChI is InChI=1S/C17H21N3O5/c1-3-25-17(24)20-10-8-19(9-11-20)16(23)15(22)18-14-6-4-13(5-7-14)12(2)21/h4-7H,3,8-11H2,1-2H3,(H,18,22). The highest BCUT2D eigenvalue weighted by Gasteiger charge is 2.28. The molecule has 1 N–H and O–H groups in total. The smallest absolute Gasteiger partial charge is 0.409 e. The maximum atomic E-state index is 12.2. The summed E-state index contributed by atoms with van der Waals surface area (Å²) in [6, 6.07) is 6.31. The zero-order chi connectivity index (χ0) is 18.4. The number of benzene rings is 1. The van der Waals surface area contributed by atoms with E-state index in [4.69, 9.17) is 4.74 Å². The average molecular weight is 347 g/mol. The average Bonchev–Trinajstić information content (AvgIpc) is 2.61. The van der Waals surface area contributed by atoms with Crippen LogP contribution in [0.25, 0.3) is 0 Å². The van der Waals surface area contributed by atoms with Crippen LogP contribution in [-0.4, -0.2) is 66.3 Å². The van der Waals surface area contributed by atoms with Gasteiger partial charge >= 0.3 is 17.9 Å². The van der Waals surface area contributed by atoms with Crippen LogP contribution in [-0.2, 0) is 14.3 Å². The second-order valence-electron chi connectivity index (χ2n) is 5.57. The van der Waals surface area contributed by atoms with Gasteiger partial charge in [-0.2, -0.15) is 0 Å². The lowest BCUT2D eigenvalue weighted by atomic mass is 10.1. The van der Waals surface area contributed by atoms with Crippen molar-refractivity contribution in [2.24, 2.45) is 0 Å². The van der Waals surface area contributed by atoms with Gasteiger partial charge in [-0.3, -0.25) is 14.4 Å². The molecule has 1 aromatic rings. The van der Waals surface area contributed by atoms with Crippen molar-refractivity contribution >= 4 is 29.4 Å². The zero-order valence-corrected chi connectivity index (χ0v) is 14.3. The fourth-order valence-corrected chi connectivity index (χ4v) is 2.42. The fraction of sp³-hybridized carbons (Fsp3) is 0.412. The Balaban J connectivity index is 1.87. The molecular weight excluding hydrogens is 326 g/mol. The Morgan fingerprint density at radius 3 is 2.08 bits per heavy atom. The lowest BCUT2D eigenvalue weighted by Crippen LogP contribution is -2.53. The number of hydrogen-bond acceptors (Lipinski definition) is 5. The van der Waals surface area contributed by atoms with E-state index in [-0.39, 0.29) is 18.9 Å². The van der Waals surface area contributed by atoms with Gasteiger partial charge < -0.3 is 19.9 Å². The number of hydrogen-bond donors (Lipinski definition) is 1. The van der Waals surface area contributed by atoms with Gasteiger partial charge in [0, 0.05) is 37.4 Å². The first-order valence-corrected chi connectivity index (χ1v) is 8.05. The number of amides is 3. The lowest BCUT2D eigenvalue weighted by Gasteiger charge is -2.33. The predicted octanol–water partition coefficient (Wildman–Crippen LogP) is 1.13. The van der Waals surface area contributed by atoms with Gasteiger partial charge in [-0.25, -0.2) is 4.79 Å². The highest BCUT2D eigenvalue weighted by Crippen LogP contribution is 2.11. The van der Waals surface area contributed by atoms with Crippen LogP contribution in [0.2, 0.25) is 0 Å². The van der Waals surface area contributed by atoms with Gasteiger partial charge in [-0.15, -0.1) is 0 Å². The molecule has 1 fully saturated rings. The molecule has 0 spiro atoms. The van der Waals surface area contributed by atoms with Gasteiger partial charge in [-0.05, 0) is 38.1 Å². The number of piperazine rings is 1. The largest absolute Gasteiger partial charge is 0.450 e. The van der Waals surface area contributed by atoms with Crippen LogP contribution in [0.15, 0.2) is 24.3 Å². The second-order valence-corrected chi connectivity index (χ2v) is 5.57. The van der Waals surface area contributed by atoms with Gasteiger partial charge in [0.1, 0.15) is 0 Å². The number of carbonyl (C=O) groups is 4. The van der Waals surface area contributed by atoms with Crippen molar-refractivity contribution in [1.82, 2.24) is 9.80 Å². The SMILES string of the molecule is CCOC(=O)N1CCN(C(=O)C(=O)Nc2ccc(C(C)=O)cc2)CC1. The van der Waals surface area contributed by atoms with E-state index >= 15 is 0 Å². The van der Waals surface area contributed by atoms with Crippen LogP contribution in [0, 0.1) is 0 Å². The molecule has 2 rings (SSSR count). The summed E-state index contributed by atoms with van der Waals surface area (Å²) in [4.78, 5) is 50.0. The number of Topliss-reactive ketones (excluding diaryl/α,β-unsaturated/α-hetero) is 1. The molecule has 0 saturated carbocycles. The number of nitrogens with zero attached hydrogens (tertiary/aromatic N) is 2. The third-order valence-electron chi connectivity index (χ3n) is 3.84. The van der Waals surface area contributed by atoms with Gasteiger partial charge in [0.2, 0.25) is 0 Å². The normalized spacial score (nSPS) is 14.0. The van der Waals surface area contributed by atoms with E-state index in [2.05, 4.69) is 5.32 Å². The molecule has 0 aromatic heterocycles. The molecule has 0 atom stereocenters. The van der Waals surface area contributed by atoms with Crippen molar-refractivity contribution < 1.29 is 23.9 Å². The first-order valence-electron chi connectivity index (χ1n) is 8.05. The summed E-state index contributed by atoms with van der Waals surface area (Å²) < 4.78 is 4.91. The molecule has 1 saturated heterocycles. The molecule has 0 unspecified atom stereocenters. The fourth-order valence-electron chi connectivity index (χ4n) is 2.42. The summed E-state index contributed by atoms with van der Waals surface area (Å²) in [5.74, 6) is -1.48. The van der Waals surface area contributed by atoms with Crippen LogP contribution in [0.1, 0.15) is 24.2 Å². The zero-order valence-electron chi connectivity index (χ0n) is 14.3. The van der Waals surface area contributed by atoms with Crippen molar-refractivity contribution in [3.63, 3.8) is 0 Å². The van der Waals surface area contributed by atoms with E-state index in [1.165, 1.54) is 16.7 Å². The maximum Gasteiger partial charge on any atom is 0.409 e. The Hall–Kier alpha value is -2.90. The minimum atomic E-state index is -0.750. The van der Waals surface area contributed by atoms with E-state index < -0.39 is 17.9 Å². The Kier molecular flexibility index (Phi) is 6.10. The second kappa shape index (κ2) is 8.27. The van der Waals surface area contributed by atoms with Gasteiger partial charge in [-0.1, -0.05) is 0 Å². The summed E-state index contributed by atoms with van der Waals surface area (Å²) in [7, 11) is 0. The minimum Gasteiger partial charge on any atom is -0.450 e. The number of ketones is 1. The summed E-state index contributed by atoms with van der Waals surface area (Å²) in [6.45, 7) is 4.67. The quantitative estimate of drug-likeness (QED) is 0.653. The van der Waals surface area contributed by atoms with Crippen molar-refractivity contribution in [3.05, 3.63) is 29.8 Å². The number of nitrogens with one attached hydrogen (secondary N) is 1. The summed E-state index contributed by atoms with van der Waals surface area (Å²) in [5, 5.41) is 2.51. The highest BCUT2D eigenvalue weighted by atomic mass is 16.6. The van der Waals surface area contributed by atoms with Gasteiger partial charge in [0.25, 0.3) is 0 Å². The minimum absolute atomic E-state index is 0.0755. The number of anilines is 1. The molecule has 1 aromatic carbocycles. The molecule has 8 heteroatoms. The molecule has 0 bridgehead atoms. The molecule has 25 heavy (non-hydrogen) atoms. The highest BCUT2D eigenvalue weighted by molar-refractivity contribution is 6.39. The third-order valence-corrected chi connectivity index (χ3v) is 3.84. The first kappa shape index (κ1) is 18.4. The third kappa shape index (κ3) is 4.79. The van der Waals surface area contributed by atoms with Crippen LogP contribution in [0.3, 0.4) is 0 Å². The van der Waals surface area contributed by atoms with E-state index in [0.717, 1.165) is 0 Å². The molecule has 0 aliphatic carbocycles. The summed E-state index contributed by atoms with van der Waals surface area (Å²) >= 11 is 0. The molecule has 1 heterocycles. The van der Waals surface area contributed by atoms with Crippen molar-refractivity contribution in [2.45, 2.75) is 13.8 Å². The van der Waals surface area contributed by atoms with Crippen LogP contribution < -0.4 is 5.32 Å². The lowest BCUT2D eigenvalue weighted by molar-refractivity contribution is -0.144. The summed E-state index contributed by atoms with van der Waals surface area (Å²) in [5.41, 5.74) is 0.966. The molecule has 0 radical (unpaired) electrons. The van der Waals surface area contributed by atoms with Crippen LogP contribution >= 0.6 is 0 Å². The Morgan fingerprint density at radius 1 is 1.00 bits per heavy atom. The monoisotopic (exact) mass is 347 g/mol. The van der Waals surface area contributed by atoms with E-state index in [9.17, 15) is 19.2 Å². The topological polar surface area (TPSA) is 96.0 Å². The van der Waals surface area contributed by atoms with E-state index in [0.29, 0.717) is 30.9 Å². The van der Waals surface area contributed by atoms with Crippen molar-refractivity contribution in [1.29, 1.82) is 0 Å². The Labute approximate surface area is 145 Å². The maximum absolute atomic E-state index is 12.2.